The van der Waals surface area contributed by atoms with Crippen molar-refractivity contribution in [2.75, 3.05) is 37.9 Å². The zero-order valence-electron chi connectivity index (χ0n) is 37.9. The molecular formula is C47H74O8S2Si2. The van der Waals surface area contributed by atoms with Crippen molar-refractivity contribution in [2.45, 2.75) is 170 Å². The van der Waals surface area contributed by atoms with E-state index in [0.717, 1.165) is 37.2 Å². The van der Waals surface area contributed by atoms with Gasteiger partial charge in [-0.1, -0.05) is 109 Å². The Morgan fingerprint density at radius 2 is 1.44 bits per heavy atom. The third-order valence-electron chi connectivity index (χ3n) is 13.5. The summed E-state index contributed by atoms with van der Waals surface area (Å²) in [5, 5.41) is 2.44. The summed E-state index contributed by atoms with van der Waals surface area (Å²) in [4.78, 5) is 14.4. The summed E-state index contributed by atoms with van der Waals surface area (Å²) < 4.78 is 46.4. The zero-order chi connectivity index (χ0) is 42.7. The summed E-state index contributed by atoms with van der Waals surface area (Å²) in [6.45, 7) is 26.8. The number of ketones is 1. The van der Waals surface area contributed by atoms with Gasteiger partial charge in [0.25, 0.3) is 8.32 Å². The Kier molecular flexibility index (Phi) is 15.3. The average Bonchev–Trinajstić information content (AvgIpc) is 3.92. The maximum Gasteiger partial charge on any atom is 0.261 e. The predicted molar refractivity (Wildman–Crippen MR) is 248 cm³/mol. The molecule has 0 amide bonds. The van der Waals surface area contributed by atoms with Crippen LogP contribution in [0.4, 0.5) is 0 Å². The molecular weight excluding hydrogens is 813 g/mol. The SMILES string of the molecule is C[C@@H](C[C@@H]1O[C@@H](CO[Si](c2ccccc2)(c2ccccc2)C(C)(C)C)C[C@@H]1O[Si](C)(C)C(C)(C)C)C1(CCC(=O)C2(CC[C@H]3COC(C)(C)O3)SCCCS2)OCCO1. The third-order valence-corrected chi connectivity index (χ3v) is 26.5. The molecule has 5 atom stereocenters. The molecule has 12 heteroatoms. The Bertz CT molecular complexity index is 1610. The topological polar surface area (TPSA) is 81.7 Å². The van der Waals surface area contributed by atoms with E-state index in [9.17, 15) is 4.79 Å². The summed E-state index contributed by atoms with van der Waals surface area (Å²) in [6.07, 6.45) is 4.72. The normalized spacial score (nSPS) is 26.6. The highest BCUT2D eigenvalue weighted by atomic mass is 32.2. The minimum Gasteiger partial charge on any atom is -0.411 e. The lowest BCUT2D eigenvalue weighted by molar-refractivity contribution is -0.205. The fourth-order valence-corrected chi connectivity index (χ4v) is 18.5. The lowest BCUT2D eigenvalue weighted by Gasteiger charge is -2.43. The van der Waals surface area contributed by atoms with E-state index in [4.69, 9.17) is 32.5 Å². The van der Waals surface area contributed by atoms with E-state index in [1.807, 2.05) is 37.4 Å². The van der Waals surface area contributed by atoms with Crippen LogP contribution in [0.1, 0.15) is 107 Å². The fraction of sp³-hybridized carbons (Fsp3) is 0.723. The van der Waals surface area contributed by atoms with Crippen LogP contribution in [-0.2, 0) is 37.3 Å². The van der Waals surface area contributed by atoms with Gasteiger partial charge in [-0.05, 0) is 84.6 Å². The Hall–Kier alpha value is -1.04. The number of hydrogen-bond donors (Lipinski definition) is 0. The van der Waals surface area contributed by atoms with Gasteiger partial charge in [-0.2, -0.15) is 0 Å². The Morgan fingerprint density at radius 3 is 1.97 bits per heavy atom. The highest BCUT2D eigenvalue weighted by molar-refractivity contribution is 8.19. The van der Waals surface area contributed by atoms with E-state index in [2.05, 4.69) is 122 Å². The molecule has 0 N–H and O–H groups in total. The van der Waals surface area contributed by atoms with Crippen LogP contribution in [0.2, 0.25) is 23.2 Å². The van der Waals surface area contributed by atoms with Crippen molar-refractivity contribution in [3.05, 3.63) is 60.7 Å². The molecule has 0 spiro atoms. The van der Waals surface area contributed by atoms with Crippen molar-refractivity contribution >= 4 is 56.3 Å². The molecule has 330 valence electrons. The molecule has 4 heterocycles. The van der Waals surface area contributed by atoms with Crippen LogP contribution in [0.3, 0.4) is 0 Å². The number of ether oxygens (including phenoxy) is 5. The highest BCUT2D eigenvalue weighted by Gasteiger charge is 2.53. The van der Waals surface area contributed by atoms with Gasteiger partial charge in [-0.3, -0.25) is 4.79 Å². The summed E-state index contributed by atoms with van der Waals surface area (Å²) in [7, 11) is -4.93. The lowest BCUT2D eigenvalue weighted by atomic mass is 9.88. The maximum absolute atomic E-state index is 14.4. The monoisotopic (exact) mass is 886 g/mol. The average molecular weight is 887 g/mol. The number of carbonyl (C=O) groups is 1. The van der Waals surface area contributed by atoms with Gasteiger partial charge in [0.05, 0.1) is 50.8 Å². The first-order chi connectivity index (χ1) is 27.7. The summed E-state index contributed by atoms with van der Waals surface area (Å²) in [5.41, 5.74) is 0. The molecule has 2 aromatic carbocycles. The second kappa shape index (κ2) is 19.0. The standard InChI is InChI=1S/C47H74O8S2Si2/c1-35(46(49-27-28-50-46)25-24-42(48)47(56-29-18-30-57-47)26-23-36-33-51-45(8,9)54-36)31-40-41(55-58(10,11)43(2,3)4)32-37(53-40)34-52-59(44(5,6)7,38-19-14-12-15-20-38)39-21-16-13-17-22-39/h12-17,19-22,35-37,40-41H,18,23-34H2,1-11H3/t35-,36-,37+,40-,41-/m0/s1. The van der Waals surface area contributed by atoms with Crippen LogP contribution >= 0.6 is 23.5 Å². The minimum atomic E-state index is -2.77. The number of benzene rings is 2. The Morgan fingerprint density at radius 1 is 0.847 bits per heavy atom. The number of carbonyl (C=O) groups excluding carboxylic acids is 1. The van der Waals surface area contributed by atoms with Crippen LogP contribution in [0, 0.1) is 5.92 Å². The molecule has 59 heavy (non-hydrogen) atoms. The van der Waals surface area contributed by atoms with Crippen LogP contribution < -0.4 is 10.4 Å². The van der Waals surface area contributed by atoms with Crippen molar-refractivity contribution in [1.29, 1.82) is 0 Å². The quantitative estimate of drug-likeness (QED) is 0.143. The summed E-state index contributed by atoms with van der Waals surface area (Å²) >= 11 is 3.65. The third kappa shape index (κ3) is 10.8. The molecule has 2 aromatic rings. The molecule has 0 saturated carbocycles. The van der Waals surface area contributed by atoms with E-state index in [-0.39, 0.29) is 46.2 Å². The van der Waals surface area contributed by atoms with Crippen LogP contribution in [0.25, 0.3) is 0 Å². The lowest BCUT2D eigenvalue weighted by Crippen LogP contribution is -2.67. The van der Waals surface area contributed by atoms with E-state index >= 15 is 0 Å². The van der Waals surface area contributed by atoms with Crippen molar-refractivity contribution in [3.8, 4) is 0 Å². The van der Waals surface area contributed by atoms with E-state index in [1.54, 1.807) is 0 Å². The number of hydrogen-bond acceptors (Lipinski definition) is 10. The molecule has 4 aliphatic heterocycles. The van der Waals surface area contributed by atoms with Gasteiger partial charge in [0.1, 0.15) is 4.08 Å². The summed E-state index contributed by atoms with van der Waals surface area (Å²) in [6, 6.07) is 21.7. The Balaban J connectivity index is 1.19. The second-order valence-corrected chi connectivity index (χ2v) is 32.4. The van der Waals surface area contributed by atoms with E-state index in [1.165, 1.54) is 10.4 Å². The molecule has 0 aliphatic carbocycles. The molecule has 0 radical (unpaired) electrons. The fourth-order valence-electron chi connectivity index (χ4n) is 9.20. The minimum absolute atomic E-state index is 0.0108. The van der Waals surface area contributed by atoms with Gasteiger partial charge in [-0.15, -0.1) is 23.5 Å². The van der Waals surface area contributed by atoms with Crippen LogP contribution in [-0.4, -0.2) is 100 Å². The van der Waals surface area contributed by atoms with Gasteiger partial charge in [0.2, 0.25) is 0 Å². The van der Waals surface area contributed by atoms with Crippen LogP contribution in [0.5, 0.6) is 0 Å². The molecule has 4 aliphatic rings. The molecule has 4 saturated heterocycles. The number of Topliss-reactive ketones (excluding diaryl/α,β-unsaturated/α-hetero) is 1. The first-order valence-corrected chi connectivity index (χ1v) is 29.0. The maximum atomic E-state index is 14.4. The van der Waals surface area contributed by atoms with Crippen molar-refractivity contribution < 1.29 is 37.3 Å². The molecule has 0 unspecified atom stereocenters. The number of thioether (sulfide) groups is 2. The second-order valence-electron chi connectivity index (χ2n) is 20.3. The zero-order valence-corrected chi connectivity index (χ0v) is 41.6. The largest absolute Gasteiger partial charge is 0.411 e. The molecule has 4 fully saturated rings. The molecule has 6 rings (SSSR count). The summed E-state index contributed by atoms with van der Waals surface area (Å²) in [5.74, 6) is 0.822. The van der Waals surface area contributed by atoms with E-state index < -0.39 is 32.3 Å². The van der Waals surface area contributed by atoms with Gasteiger partial charge in [-0.25, -0.2) is 0 Å². The highest BCUT2D eigenvalue weighted by Crippen LogP contribution is 2.49. The van der Waals surface area contributed by atoms with Gasteiger partial charge >= 0.3 is 0 Å². The van der Waals surface area contributed by atoms with E-state index in [0.29, 0.717) is 45.7 Å². The smallest absolute Gasteiger partial charge is 0.261 e. The predicted octanol–water partition coefficient (Wildman–Crippen LogP) is 9.73. The molecule has 0 aromatic heterocycles. The Labute approximate surface area is 366 Å². The van der Waals surface area contributed by atoms with Gasteiger partial charge < -0.3 is 32.5 Å². The first-order valence-electron chi connectivity index (χ1n) is 22.2. The van der Waals surface area contributed by atoms with Crippen molar-refractivity contribution in [3.63, 3.8) is 0 Å². The van der Waals surface area contributed by atoms with Gasteiger partial charge in [0, 0.05) is 25.2 Å². The van der Waals surface area contributed by atoms with Crippen LogP contribution in [0.15, 0.2) is 60.7 Å². The molecule has 0 bridgehead atoms. The van der Waals surface area contributed by atoms with Gasteiger partial charge in [0.15, 0.2) is 25.7 Å². The number of rotatable bonds is 17. The van der Waals surface area contributed by atoms with Crippen molar-refractivity contribution in [2.24, 2.45) is 5.92 Å². The first kappa shape index (κ1) is 47.4. The molecule has 8 nitrogen and oxygen atoms in total. The van der Waals surface area contributed by atoms with Crippen molar-refractivity contribution in [1.82, 2.24) is 0 Å².